The molecule has 2 nitrogen and oxygen atoms in total. The van der Waals surface area contributed by atoms with E-state index < -0.39 is 0 Å². The van der Waals surface area contributed by atoms with Crippen molar-refractivity contribution < 1.29 is 9.13 Å². The van der Waals surface area contributed by atoms with E-state index >= 15 is 0 Å². The van der Waals surface area contributed by atoms with Gasteiger partial charge in [-0.05, 0) is 13.0 Å². The number of morpholine rings is 1. The molecule has 1 aromatic rings. The average Bonchev–Trinajstić information content (AvgIpc) is 2.19. The second-order valence-corrected chi connectivity index (χ2v) is 3.79. The van der Waals surface area contributed by atoms with Crippen LogP contribution in [0, 0.1) is 5.82 Å². The molecule has 0 bridgehead atoms. The van der Waals surface area contributed by atoms with E-state index in [9.17, 15) is 4.39 Å². The minimum absolute atomic E-state index is 0.173. The molecule has 1 fully saturated rings. The topological polar surface area (TPSA) is 21.3 Å². The van der Waals surface area contributed by atoms with E-state index in [0.29, 0.717) is 18.8 Å². The van der Waals surface area contributed by atoms with Crippen molar-refractivity contribution in [3.05, 3.63) is 35.6 Å². The van der Waals surface area contributed by atoms with Gasteiger partial charge >= 0.3 is 0 Å². The molecule has 1 atom stereocenters. The third-order valence-electron chi connectivity index (χ3n) is 2.62. The average molecular weight is 195 g/mol. The van der Waals surface area contributed by atoms with Crippen LogP contribution >= 0.6 is 0 Å². The Kier molecular flexibility index (Phi) is 2.52. The van der Waals surface area contributed by atoms with Gasteiger partial charge in [0.05, 0.1) is 18.8 Å². The highest BCUT2D eigenvalue weighted by Crippen LogP contribution is 2.25. The predicted octanol–water partition coefficient (Wildman–Crippen LogP) is 1.66. The molecule has 2 rings (SSSR count). The van der Waals surface area contributed by atoms with E-state index in [4.69, 9.17) is 4.74 Å². The van der Waals surface area contributed by atoms with Crippen LogP contribution in [0.5, 0.6) is 0 Å². The first-order valence-corrected chi connectivity index (χ1v) is 4.80. The zero-order valence-corrected chi connectivity index (χ0v) is 8.22. The zero-order chi connectivity index (χ0) is 10.0. The monoisotopic (exact) mass is 195 g/mol. The van der Waals surface area contributed by atoms with Gasteiger partial charge in [0.15, 0.2) is 0 Å². The van der Waals surface area contributed by atoms with E-state index in [1.54, 1.807) is 12.1 Å². The minimum atomic E-state index is -0.385. The van der Waals surface area contributed by atoms with Gasteiger partial charge in [-0.3, -0.25) is 0 Å². The Bertz CT molecular complexity index is 321. The van der Waals surface area contributed by atoms with Crippen molar-refractivity contribution in [3.8, 4) is 0 Å². The van der Waals surface area contributed by atoms with Gasteiger partial charge in [-0.15, -0.1) is 0 Å². The molecule has 3 heteroatoms. The van der Waals surface area contributed by atoms with Crippen molar-refractivity contribution in [3.63, 3.8) is 0 Å². The summed E-state index contributed by atoms with van der Waals surface area (Å²) in [6.45, 7) is 3.95. The van der Waals surface area contributed by atoms with Gasteiger partial charge in [0.1, 0.15) is 5.82 Å². The zero-order valence-electron chi connectivity index (χ0n) is 8.22. The summed E-state index contributed by atoms with van der Waals surface area (Å²) in [5, 5.41) is 3.29. The number of benzene rings is 1. The summed E-state index contributed by atoms with van der Waals surface area (Å²) in [6, 6.07) is 6.83. The van der Waals surface area contributed by atoms with Gasteiger partial charge in [0.2, 0.25) is 0 Å². The molecule has 0 amide bonds. The van der Waals surface area contributed by atoms with Crippen LogP contribution in [0.3, 0.4) is 0 Å². The maximum absolute atomic E-state index is 13.5. The van der Waals surface area contributed by atoms with E-state index in [2.05, 4.69) is 5.32 Å². The third-order valence-corrected chi connectivity index (χ3v) is 2.62. The molecular weight excluding hydrogens is 181 g/mol. The van der Waals surface area contributed by atoms with Gasteiger partial charge in [-0.25, -0.2) is 4.39 Å². The maximum Gasteiger partial charge on any atom is 0.128 e. The minimum Gasteiger partial charge on any atom is -0.378 e. The van der Waals surface area contributed by atoms with Crippen LogP contribution in [-0.2, 0) is 10.3 Å². The fourth-order valence-corrected chi connectivity index (χ4v) is 1.81. The van der Waals surface area contributed by atoms with Crippen LogP contribution in [0.4, 0.5) is 4.39 Å². The molecule has 0 radical (unpaired) electrons. The molecule has 0 aliphatic carbocycles. The highest BCUT2D eigenvalue weighted by atomic mass is 19.1. The molecule has 1 unspecified atom stereocenters. The summed E-state index contributed by atoms with van der Waals surface area (Å²) in [5.41, 5.74) is 0.295. The summed E-state index contributed by atoms with van der Waals surface area (Å²) < 4.78 is 18.9. The highest BCUT2D eigenvalue weighted by molar-refractivity contribution is 5.26. The molecule has 1 aliphatic heterocycles. The first kappa shape index (κ1) is 9.62. The van der Waals surface area contributed by atoms with Gasteiger partial charge in [-0.2, -0.15) is 0 Å². The predicted molar refractivity (Wildman–Crippen MR) is 52.6 cm³/mol. The third kappa shape index (κ3) is 1.65. The maximum atomic E-state index is 13.5. The normalized spacial score (nSPS) is 27.6. The molecule has 14 heavy (non-hydrogen) atoms. The van der Waals surface area contributed by atoms with Gasteiger partial charge in [0.25, 0.3) is 0 Å². The van der Waals surface area contributed by atoms with Gasteiger partial charge < -0.3 is 10.1 Å². The standard InChI is InChI=1S/C11H14FNO/c1-11(8-14-7-6-13-11)9-4-2-3-5-10(9)12/h2-5,13H,6-8H2,1H3. The second-order valence-electron chi connectivity index (χ2n) is 3.79. The molecule has 1 aromatic carbocycles. The first-order valence-electron chi connectivity index (χ1n) is 4.80. The van der Waals surface area contributed by atoms with Crippen molar-refractivity contribution in [1.82, 2.24) is 5.32 Å². The highest BCUT2D eigenvalue weighted by Gasteiger charge is 2.31. The lowest BCUT2D eigenvalue weighted by Gasteiger charge is -2.35. The summed E-state index contributed by atoms with van der Waals surface area (Å²) in [4.78, 5) is 0. The molecule has 1 heterocycles. The van der Waals surface area contributed by atoms with E-state index in [1.807, 2.05) is 13.0 Å². The fourth-order valence-electron chi connectivity index (χ4n) is 1.81. The number of ether oxygens (including phenoxy) is 1. The van der Waals surface area contributed by atoms with Gasteiger partial charge in [0, 0.05) is 12.1 Å². The lowest BCUT2D eigenvalue weighted by molar-refractivity contribution is 0.0323. The van der Waals surface area contributed by atoms with Crippen molar-refractivity contribution in [2.24, 2.45) is 0 Å². The lowest BCUT2D eigenvalue weighted by atomic mass is 9.91. The van der Waals surface area contributed by atoms with Crippen LogP contribution in [0.25, 0.3) is 0 Å². The number of hydrogen-bond donors (Lipinski definition) is 1. The summed E-state index contributed by atoms with van der Waals surface area (Å²) >= 11 is 0. The Morgan fingerprint density at radius 3 is 2.86 bits per heavy atom. The summed E-state index contributed by atoms with van der Waals surface area (Å²) in [5.74, 6) is -0.173. The quantitative estimate of drug-likeness (QED) is 0.735. The Morgan fingerprint density at radius 1 is 1.43 bits per heavy atom. The second kappa shape index (κ2) is 3.67. The smallest absolute Gasteiger partial charge is 0.128 e. The molecule has 0 saturated carbocycles. The number of halogens is 1. The van der Waals surface area contributed by atoms with E-state index in [-0.39, 0.29) is 11.4 Å². The number of rotatable bonds is 1. The summed E-state index contributed by atoms with van der Waals surface area (Å²) in [6.07, 6.45) is 0. The SMILES string of the molecule is CC1(c2ccccc2F)COCCN1. The van der Waals surface area contributed by atoms with Crippen molar-refractivity contribution in [1.29, 1.82) is 0 Å². The van der Waals surface area contributed by atoms with E-state index in [0.717, 1.165) is 6.54 Å². The fraction of sp³-hybridized carbons (Fsp3) is 0.455. The lowest BCUT2D eigenvalue weighted by Crippen LogP contribution is -2.49. The molecule has 1 aliphatic rings. The molecule has 1 saturated heterocycles. The van der Waals surface area contributed by atoms with Crippen molar-refractivity contribution in [2.75, 3.05) is 19.8 Å². The van der Waals surface area contributed by atoms with E-state index in [1.165, 1.54) is 6.07 Å². The Balaban J connectivity index is 2.32. The molecule has 0 spiro atoms. The van der Waals surface area contributed by atoms with Crippen LogP contribution < -0.4 is 5.32 Å². The van der Waals surface area contributed by atoms with Crippen molar-refractivity contribution >= 4 is 0 Å². The van der Waals surface area contributed by atoms with Crippen LogP contribution in [-0.4, -0.2) is 19.8 Å². The first-order chi connectivity index (χ1) is 6.72. The molecule has 76 valence electrons. The Hall–Kier alpha value is -0.930. The van der Waals surface area contributed by atoms with Gasteiger partial charge in [-0.1, -0.05) is 18.2 Å². The molecule has 1 N–H and O–H groups in total. The Morgan fingerprint density at radius 2 is 2.21 bits per heavy atom. The van der Waals surface area contributed by atoms with Crippen LogP contribution in [0.1, 0.15) is 12.5 Å². The molecular formula is C11H14FNO. The van der Waals surface area contributed by atoms with Crippen LogP contribution in [0.2, 0.25) is 0 Å². The Labute approximate surface area is 83.1 Å². The summed E-state index contributed by atoms with van der Waals surface area (Å²) in [7, 11) is 0. The van der Waals surface area contributed by atoms with Crippen LogP contribution in [0.15, 0.2) is 24.3 Å². The van der Waals surface area contributed by atoms with Crippen molar-refractivity contribution in [2.45, 2.75) is 12.5 Å². The number of hydrogen-bond acceptors (Lipinski definition) is 2. The number of nitrogens with one attached hydrogen (secondary N) is 1. The molecule has 0 aromatic heterocycles. The largest absolute Gasteiger partial charge is 0.378 e.